The van der Waals surface area contributed by atoms with Crippen molar-refractivity contribution in [2.45, 2.75) is 37.6 Å². The minimum atomic E-state index is -0.170. The van der Waals surface area contributed by atoms with Gasteiger partial charge in [0.25, 0.3) is 0 Å². The van der Waals surface area contributed by atoms with Crippen LogP contribution in [-0.2, 0) is 5.41 Å². The molecule has 1 N–H and O–H groups in total. The summed E-state index contributed by atoms with van der Waals surface area (Å²) in [5.74, 6) is -0.170. The molecule has 110 valence electrons. The van der Waals surface area contributed by atoms with Crippen LogP contribution < -0.4 is 5.32 Å². The molecule has 0 bridgehead atoms. The van der Waals surface area contributed by atoms with Crippen molar-refractivity contribution in [1.82, 2.24) is 5.32 Å². The summed E-state index contributed by atoms with van der Waals surface area (Å²) >= 11 is 0. The molecule has 0 radical (unpaired) electrons. The quantitative estimate of drug-likeness (QED) is 0.845. The third kappa shape index (κ3) is 2.60. The first kappa shape index (κ1) is 14.3. The van der Waals surface area contributed by atoms with E-state index in [0.717, 1.165) is 6.54 Å². The van der Waals surface area contributed by atoms with Gasteiger partial charge in [-0.3, -0.25) is 0 Å². The summed E-state index contributed by atoms with van der Waals surface area (Å²) in [4.78, 5) is 0. The molecule has 1 nitrogen and oxygen atoms in total. The SMILES string of the molecule is CCNC(c1ccc(F)cc1)C1(c2ccccc2)CCC1. The average Bonchev–Trinajstić information content (AvgIpc) is 2.47. The number of benzene rings is 2. The Balaban J connectivity index is 2.00. The fraction of sp³-hybridized carbons (Fsp3) is 0.368. The van der Waals surface area contributed by atoms with E-state index in [-0.39, 0.29) is 17.3 Å². The van der Waals surface area contributed by atoms with Gasteiger partial charge in [-0.05, 0) is 42.6 Å². The molecule has 0 saturated heterocycles. The van der Waals surface area contributed by atoms with E-state index in [2.05, 4.69) is 42.6 Å². The van der Waals surface area contributed by atoms with Crippen molar-refractivity contribution in [3.63, 3.8) is 0 Å². The third-order valence-electron chi connectivity index (χ3n) is 4.76. The molecular weight excluding hydrogens is 261 g/mol. The molecule has 3 rings (SSSR count). The lowest BCUT2D eigenvalue weighted by Crippen LogP contribution is -2.46. The topological polar surface area (TPSA) is 12.0 Å². The molecule has 1 aliphatic rings. The summed E-state index contributed by atoms with van der Waals surface area (Å²) in [7, 11) is 0. The molecule has 2 aromatic carbocycles. The van der Waals surface area contributed by atoms with Crippen molar-refractivity contribution < 1.29 is 4.39 Å². The van der Waals surface area contributed by atoms with Gasteiger partial charge in [0.1, 0.15) is 5.82 Å². The van der Waals surface area contributed by atoms with Gasteiger partial charge in [0.2, 0.25) is 0 Å². The highest BCUT2D eigenvalue weighted by molar-refractivity contribution is 5.35. The van der Waals surface area contributed by atoms with Crippen molar-refractivity contribution >= 4 is 0 Å². The van der Waals surface area contributed by atoms with Crippen molar-refractivity contribution in [1.29, 1.82) is 0 Å². The van der Waals surface area contributed by atoms with E-state index in [4.69, 9.17) is 0 Å². The van der Waals surface area contributed by atoms with E-state index in [1.807, 2.05) is 12.1 Å². The Kier molecular flexibility index (Phi) is 4.07. The third-order valence-corrected chi connectivity index (χ3v) is 4.76. The molecule has 1 fully saturated rings. The Morgan fingerprint density at radius 1 is 1.05 bits per heavy atom. The van der Waals surface area contributed by atoms with Gasteiger partial charge in [-0.25, -0.2) is 4.39 Å². The van der Waals surface area contributed by atoms with Crippen molar-refractivity contribution in [3.8, 4) is 0 Å². The number of rotatable bonds is 5. The Morgan fingerprint density at radius 3 is 2.24 bits per heavy atom. The maximum Gasteiger partial charge on any atom is 0.123 e. The molecular formula is C19H22FN. The van der Waals surface area contributed by atoms with Crippen LogP contribution in [0.25, 0.3) is 0 Å². The molecule has 21 heavy (non-hydrogen) atoms. The molecule has 2 aromatic rings. The standard InChI is InChI=1S/C19H22FN/c1-2-21-18(15-9-11-17(20)12-10-15)19(13-6-14-19)16-7-4-3-5-8-16/h3-5,7-12,18,21H,2,6,13-14H2,1H3. The van der Waals surface area contributed by atoms with Crippen molar-refractivity contribution in [2.24, 2.45) is 0 Å². The molecule has 0 aliphatic heterocycles. The number of hydrogen-bond donors (Lipinski definition) is 1. The molecule has 1 saturated carbocycles. The maximum absolute atomic E-state index is 13.2. The molecule has 1 unspecified atom stereocenters. The highest BCUT2D eigenvalue weighted by Gasteiger charge is 2.45. The molecule has 0 amide bonds. The number of nitrogens with one attached hydrogen (secondary N) is 1. The van der Waals surface area contributed by atoms with E-state index in [1.165, 1.54) is 30.4 Å². The van der Waals surface area contributed by atoms with E-state index in [9.17, 15) is 4.39 Å². The first-order chi connectivity index (χ1) is 10.3. The van der Waals surface area contributed by atoms with Crippen molar-refractivity contribution in [3.05, 3.63) is 71.5 Å². The van der Waals surface area contributed by atoms with E-state index < -0.39 is 0 Å². The highest BCUT2D eigenvalue weighted by atomic mass is 19.1. The van der Waals surface area contributed by atoms with E-state index in [1.54, 1.807) is 12.1 Å². The van der Waals surface area contributed by atoms with E-state index >= 15 is 0 Å². The highest BCUT2D eigenvalue weighted by Crippen LogP contribution is 2.52. The largest absolute Gasteiger partial charge is 0.309 e. The monoisotopic (exact) mass is 283 g/mol. The Labute approximate surface area is 126 Å². The zero-order valence-corrected chi connectivity index (χ0v) is 12.5. The zero-order chi connectivity index (χ0) is 14.7. The van der Waals surface area contributed by atoms with Crippen LogP contribution in [0.1, 0.15) is 43.4 Å². The number of likely N-dealkylation sites (N-methyl/N-ethyl adjacent to an activating group) is 1. The molecule has 2 heteroatoms. The Morgan fingerprint density at radius 2 is 1.71 bits per heavy atom. The second kappa shape index (κ2) is 5.98. The first-order valence-corrected chi connectivity index (χ1v) is 7.80. The summed E-state index contributed by atoms with van der Waals surface area (Å²) < 4.78 is 13.2. The van der Waals surface area contributed by atoms with E-state index in [0.29, 0.717) is 0 Å². The molecule has 0 spiro atoms. The smallest absolute Gasteiger partial charge is 0.123 e. The van der Waals surface area contributed by atoms with Gasteiger partial charge in [0.15, 0.2) is 0 Å². The first-order valence-electron chi connectivity index (χ1n) is 7.80. The van der Waals surface area contributed by atoms with Crippen LogP contribution in [0.3, 0.4) is 0 Å². The molecule has 0 heterocycles. The summed E-state index contributed by atoms with van der Waals surface area (Å²) in [6.45, 7) is 3.05. The summed E-state index contributed by atoms with van der Waals surface area (Å²) in [5, 5.41) is 3.64. The number of halogens is 1. The van der Waals surface area contributed by atoms with Gasteiger partial charge in [-0.15, -0.1) is 0 Å². The van der Waals surface area contributed by atoms with Gasteiger partial charge in [-0.2, -0.15) is 0 Å². The molecule has 1 atom stereocenters. The number of hydrogen-bond acceptors (Lipinski definition) is 1. The van der Waals surface area contributed by atoms with Crippen LogP contribution in [0.4, 0.5) is 4.39 Å². The van der Waals surface area contributed by atoms with Crippen LogP contribution >= 0.6 is 0 Å². The van der Waals surface area contributed by atoms with Crippen molar-refractivity contribution in [2.75, 3.05) is 6.54 Å². The normalized spacial score (nSPS) is 18.0. The lowest BCUT2D eigenvalue weighted by atomic mass is 9.58. The van der Waals surface area contributed by atoms with Gasteiger partial charge in [0.05, 0.1) is 0 Å². The minimum Gasteiger partial charge on any atom is -0.309 e. The Bertz CT molecular complexity index is 572. The van der Waals surface area contributed by atoms with Gasteiger partial charge in [-0.1, -0.05) is 55.8 Å². The van der Waals surface area contributed by atoms with Crippen LogP contribution in [0.15, 0.2) is 54.6 Å². The minimum absolute atomic E-state index is 0.148. The fourth-order valence-electron chi connectivity index (χ4n) is 3.56. The predicted octanol–water partition coefficient (Wildman–Crippen LogP) is 4.60. The second-order valence-corrected chi connectivity index (χ2v) is 5.92. The summed E-state index contributed by atoms with van der Waals surface area (Å²) in [5.41, 5.74) is 2.73. The Hall–Kier alpha value is -1.67. The second-order valence-electron chi connectivity index (χ2n) is 5.92. The summed E-state index contributed by atoms with van der Waals surface area (Å²) in [6.07, 6.45) is 3.64. The lowest BCUT2D eigenvalue weighted by molar-refractivity contribution is 0.171. The van der Waals surface area contributed by atoms with Crippen LogP contribution in [0, 0.1) is 5.82 Å². The van der Waals surface area contributed by atoms with Gasteiger partial charge < -0.3 is 5.32 Å². The van der Waals surface area contributed by atoms with Gasteiger partial charge in [0, 0.05) is 11.5 Å². The molecule has 0 aromatic heterocycles. The van der Waals surface area contributed by atoms with Gasteiger partial charge >= 0.3 is 0 Å². The lowest BCUT2D eigenvalue weighted by Gasteiger charge is -2.49. The van der Waals surface area contributed by atoms with Crippen LogP contribution in [0.5, 0.6) is 0 Å². The zero-order valence-electron chi connectivity index (χ0n) is 12.5. The van der Waals surface area contributed by atoms with Crippen LogP contribution in [-0.4, -0.2) is 6.54 Å². The fourth-order valence-corrected chi connectivity index (χ4v) is 3.56. The van der Waals surface area contributed by atoms with Crippen LogP contribution in [0.2, 0.25) is 0 Å². The average molecular weight is 283 g/mol. The molecule has 1 aliphatic carbocycles. The summed E-state index contributed by atoms with van der Waals surface area (Å²) in [6, 6.07) is 18.0. The maximum atomic E-state index is 13.2. The predicted molar refractivity (Wildman–Crippen MR) is 84.8 cm³/mol.